The fraction of sp³-hybridized carbons (Fsp3) is 0.0690. The summed E-state index contributed by atoms with van der Waals surface area (Å²) in [6.45, 7) is 0.799. The lowest BCUT2D eigenvalue weighted by Crippen LogP contribution is -2.14. The lowest BCUT2D eigenvalue weighted by Gasteiger charge is -2.17. The van der Waals surface area contributed by atoms with Gasteiger partial charge in [0, 0.05) is 34.8 Å². The zero-order valence-corrected chi connectivity index (χ0v) is 17.0. The largest absolute Gasteiger partial charge is 0.342 e. The van der Waals surface area contributed by atoms with Crippen LogP contribution < -0.4 is 0 Å². The molecule has 0 bridgehead atoms. The molecule has 2 nitrogen and oxygen atoms in total. The highest BCUT2D eigenvalue weighted by atomic mass is 16.1. The molecule has 0 fully saturated rings. The molecule has 148 valence electrons. The van der Waals surface area contributed by atoms with E-state index in [1.54, 1.807) is 0 Å². The van der Waals surface area contributed by atoms with Crippen LogP contribution >= 0.6 is 0 Å². The van der Waals surface area contributed by atoms with E-state index in [-0.39, 0.29) is 11.7 Å². The Labute approximate surface area is 181 Å². The normalized spacial score (nSPS) is 15.0. The van der Waals surface area contributed by atoms with E-state index in [0.717, 1.165) is 34.4 Å². The number of carbonyl (C=O) groups excluding carboxylic acids is 1. The van der Waals surface area contributed by atoms with Crippen LogP contribution in [-0.4, -0.2) is 10.4 Å². The van der Waals surface area contributed by atoms with Crippen LogP contribution in [-0.2, 0) is 6.54 Å². The van der Waals surface area contributed by atoms with Crippen molar-refractivity contribution in [3.63, 3.8) is 0 Å². The Morgan fingerprint density at radius 1 is 0.645 bits per heavy atom. The third-order valence-electron chi connectivity index (χ3n) is 6.32. The second kappa shape index (κ2) is 7.10. The summed E-state index contributed by atoms with van der Waals surface area (Å²) in [6, 6.07) is 35.1. The number of hydrogen-bond donors (Lipinski definition) is 0. The summed E-state index contributed by atoms with van der Waals surface area (Å²) < 4.78 is 2.32. The third kappa shape index (κ3) is 2.83. The maximum absolute atomic E-state index is 13.8. The summed E-state index contributed by atoms with van der Waals surface area (Å²) in [6.07, 6.45) is 2.22. The minimum Gasteiger partial charge on any atom is -0.342 e. The first kappa shape index (κ1) is 17.9. The van der Waals surface area contributed by atoms with E-state index in [9.17, 15) is 4.79 Å². The van der Waals surface area contributed by atoms with Crippen molar-refractivity contribution in [2.24, 2.45) is 0 Å². The van der Waals surface area contributed by atoms with Gasteiger partial charge in [-0.25, -0.2) is 0 Å². The Kier molecular flexibility index (Phi) is 4.10. The third-order valence-corrected chi connectivity index (χ3v) is 6.32. The molecule has 0 amide bonds. The number of hydrogen-bond acceptors (Lipinski definition) is 1. The number of benzene rings is 4. The van der Waals surface area contributed by atoms with Crippen molar-refractivity contribution < 1.29 is 4.79 Å². The van der Waals surface area contributed by atoms with Gasteiger partial charge in [0.15, 0.2) is 5.78 Å². The topological polar surface area (TPSA) is 22.0 Å². The van der Waals surface area contributed by atoms with Crippen LogP contribution in [0.25, 0.3) is 22.0 Å². The molecule has 1 atom stereocenters. The van der Waals surface area contributed by atoms with Crippen LogP contribution in [0, 0.1) is 0 Å². The Morgan fingerprint density at radius 2 is 1.32 bits per heavy atom. The van der Waals surface area contributed by atoms with Crippen LogP contribution in [0.5, 0.6) is 0 Å². The molecule has 6 rings (SSSR count). The van der Waals surface area contributed by atoms with Gasteiger partial charge in [0.2, 0.25) is 0 Å². The molecule has 0 radical (unpaired) electrons. The number of rotatable bonds is 3. The van der Waals surface area contributed by atoms with Gasteiger partial charge in [-0.1, -0.05) is 97.1 Å². The molecule has 2 heteroatoms. The van der Waals surface area contributed by atoms with Crippen LogP contribution in [0.15, 0.2) is 109 Å². The Balaban J connectivity index is 1.66. The number of aromatic nitrogens is 1. The SMILES string of the molecule is O=C1c2ccccc2-c2cn(Cc3ccccc3)c3cccc(c23)C1c1ccccc1. The Morgan fingerprint density at radius 3 is 2.10 bits per heavy atom. The van der Waals surface area contributed by atoms with Crippen LogP contribution in [0.4, 0.5) is 0 Å². The second-order valence-electron chi connectivity index (χ2n) is 8.15. The molecular formula is C29H21NO. The first-order valence-electron chi connectivity index (χ1n) is 10.7. The van der Waals surface area contributed by atoms with Crippen LogP contribution in [0.2, 0.25) is 0 Å². The summed E-state index contributed by atoms with van der Waals surface area (Å²) >= 11 is 0. The van der Waals surface area contributed by atoms with Gasteiger partial charge in [-0.05, 0) is 28.3 Å². The average molecular weight is 399 g/mol. The molecule has 0 aliphatic heterocycles. The first-order chi connectivity index (χ1) is 15.3. The van der Waals surface area contributed by atoms with Crippen molar-refractivity contribution in [3.8, 4) is 11.1 Å². The lowest BCUT2D eigenvalue weighted by molar-refractivity contribution is 0.0975. The minimum absolute atomic E-state index is 0.167. The number of carbonyl (C=O) groups is 1. The van der Waals surface area contributed by atoms with E-state index >= 15 is 0 Å². The fourth-order valence-electron chi connectivity index (χ4n) is 4.94. The molecule has 1 aliphatic rings. The van der Waals surface area contributed by atoms with Gasteiger partial charge in [-0.15, -0.1) is 0 Å². The van der Waals surface area contributed by atoms with Crippen LogP contribution in [0.1, 0.15) is 33.0 Å². The first-order valence-corrected chi connectivity index (χ1v) is 10.7. The molecular weight excluding hydrogens is 378 g/mol. The van der Waals surface area contributed by atoms with E-state index in [0.29, 0.717) is 0 Å². The quantitative estimate of drug-likeness (QED) is 0.331. The second-order valence-corrected chi connectivity index (χ2v) is 8.15. The van der Waals surface area contributed by atoms with Gasteiger partial charge in [0.1, 0.15) is 0 Å². The maximum atomic E-state index is 13.8. The van der Waals surface area contributed by atoms with Gasteiger partial charge >= 0.3 is 0 Å². The summed E-state index contributed by atoms with van der Waals surface area (Å²) in [5.41, 5.74) is 7.52. The van der Waals surface area contributed by atoms with Crippen LogP contribution in [0.3, 0.4) is 0 Å². The van der Waals surface area contributed by atoms with Crippen molar-refractivity contribution in [2.75, 3.05) is 0 Å². The molecule has 0 saturated heterocycles. The van der Waals surface area contributed by atoms with E-state index in [2.05, 4.69) is 71.4 Å². The van der Waals surface area contributed by atoms with E-state index in [1.807, 2.05) is 42.5 Å². The number of Topliss-reactive ketones (excluding diaryl/α,β-unsaturated/α-hetero) is 1. The fourth-order valence-corrected chi connectivity index (χ4v) is 4.94. The average Bonchev–Trinajstić information content (AvgIpc) is 3.15. The predicted octanol–water partition coefficient (Wildman–Crippen LogP) is 6.68. The Hall–Kier alpha value is -3.91. The molecule has 0 saturated carbocycles. The summed E-state index contributed by atoms with van der Waals surface area (Å²) in [5.74, 6) is -0.139. The predicted molar refractivity (Wildman–Crippen MR) is 126 cm³/mol. The lowest BCUT2D eigenvalue weighted by atomic mass is 9.85. The maximum Gasteiger partial charge on any atom is 0.175 e. The zero-order valence-electron chi connectivity index (χ0n) is 17.0. The smallest absolute Gasteiger partial charge is 0.175 e. The van der Waals surface area contributed by atoms with Gasteiger partial charge < -0.3 is 4.57 Å². The highest BCUT2D eigenvalue weighted by Crippen LogP contribution is 2.44. The highest BCUT2D eigenvalue weighted by molar-refractivity contribution is 6.15. The molecule has 1 aromatic heterocycles. The molecule has 4 aromatic carbocycles. The molecule has 1 aliphatic carbocycles. The summed E-state index contributed by atoms with van der Waals surface area (Å²) in [4.78, 5) is 13.8. The molecule has 1 heterocycles. The number of fused-ring (bicyclic) bond motifs is 2. The zero-order chi connectivity index (χ0) is 20.8. The van der Waals surface area contributed by atoms with E-state index in [4.69, 9.17) is 0 Å². The van der Waals surface area contributed by atoms with Gasteiger partial charge in [-0.2, -0.15) is 0 Å². The molecule has 0 N–H and O–H groups in total. The molecule has 1 unspecified atom stereocenters. The summed E-state index contributed by atoms with van der Waals surface area (Å²) in [7, 11) is 0. The highest BCUT2D eigenvalue weighted by Gasteiger charge is 2.32. The molecule has 0 spiro atoms. The molecule has 31 heavy (non-hydrogen) atoms. The van der Waals surface area contributed by atoms with Gasteiger partial charge in [0.25, 0.3) is 0 Å². The van der Waals surface area contributed by atoms with Gasteiger partial charge in [0.05, 0.1) is 5.92 Å². The summed E-state index contributed by atoms with van der Waals surface area (Å²) in [5, 5.41) is 1.19. The van der Waals surface area contributed by atoms with Crippen molar-refractivity contribution in [2.45, 2.75) is 12.5 Å². The Bertz CT molecular complexity index is 1410. The van der Waals surface area contributed by atoms with Crippen molar-refractivity contribution in [3.05, 3.63) is 132 Å². The van der Waals surface area contributed by atoms with E-state index in [1.165, 1.54) is 16.5 Å². The van der Waals surface area contributed by atoms with E-state index < -0.39 is 0 Å². The van der Waals surface area contributed by atoms with Crippen molar-refractivity contribution >= 4 is 16.7 Å². The monoisotopic (exact) mass is 399 g/mol. The van der Waals surface area contributed by atoms with Crippen molar-refractivity contribution in [1.82, 2.24) is 4.57 Å². The molecule has 5 aromatic rings. The number of ketones is 1. The van der Waals surface area contributed by atoms with Crippen molar-refractivity contribution in [1.29, 1.82) is 0 Å². The number of nitrogens with zero attached hydrogens (tertiary/aromatic N) is 1. The standard InChI is InChI=1S/C29H21NO/c31-29-23-15-8-7-14-22(23)25-19-30(18-20-10-3-1-4-11-20)26-17-9-16-24(28(25)26)27(29)21-12-5-2-6-13-21/h1-17,19,27H,18H2. The minimum atomic E-state index is -0.306. The van der Waals surface area contributed by atoms with Gasteiger partial charge in [-0.3, -0.25) is 4.79 Å².